The van der Waals surface area contributed by atoms with Gasteiger partial charge in [0.2, 0.25) is 0 Å². The molecule has 0 unspecified atom stereocenters. The summed E-state index contributed by atoms with van der Waals surface area (Å²) in [6.07, 6.45) is 0. The Bertz CT molecular complexity index is 190. The molecule has 0 heterocycles. The highest BCUT2D eigenvalue weighted by Crippen LogP contribution is 2.02. The number of hydrogen-bond acceptors (Lipinski definition) is 3. The first-order chi connectivity index (χ1) is 7.47. The summed E-state index contributed by atoms with van der Waals surface area (Å²) >= 11 is 0. The molecule has 0 atom stereocenters. The number of methoxy groups -OCH3 is 1. The topological polar surface area (TPSA) is 24.5 Å². The molecule has 0 saturated heterocycles. The van der Waals surface area contributed by atoms with E-state index in [0.29, 0.717) is 12.1 Å². The number of nitrogens with zero attached hydrogens (tertiary/aromatic N) is 1. The highest BCUT2D eigenvalue weighted by atomic mass is 16.5. The molecular weight excluding hydrogens is 200 g/mol. The Balaban J connectivity index is 3.93. The minimum atomic E-state index is 0.517. The second kappa shape index (κ2) is 8.74. The molecule has 3 nitrogen and oxygen atoms in total. The van der Waals surface area contributed by atoms with Crippen LogP contribution < -0.4 is 5.32 Å². The van der Waals surface area contributed by atoms with Gasteiger partial charge < -0.3 is 10.1 Å². The van der Waals surface area contributed by atoms with Crippen LogP contribution in [0.2, 0.25) is 0 Å². The maximum Gasteiger partial charge on any atom is 0.0589 e. The molecule has 96 valence electrons. The van der Waals surface area contributed by atoms with Crippen LogP contribution in [0.5, 0.6) is 0 Å². The number of rotatable bonds is 9. The summed E-state index contributed by atoms with van der Waals surface area (Å²) in [6, 6.07) is 1.05. The van der Waals surface area contributed by atoms with Crippen LogP contribution in [0.4, 0.5) is 0 Å². The van der Waals surface area contributed by atoms with Gasteiger partial charge in [0, 0.05) is 38.8 Å². The molecular formula is C13H28N2O. The van der Waals surface area contributed by atoms with Crippen LogP contribution in [0.3, 0.4) is 0 Å². The predicted molar refractivity (Wildman–Crippen MR) is 70.9 cm³/mol. The predicted octanol–water partition coefficient (Wildman–Crippen LogP) is 1.90. The van der Waals surface area contributed by atoms with Crippen molar-refractivity contribution in [1.29, 1.82) is 0 Å². The van der Waals surface area contributed by atoms with Gasteiger partial charge in [-0.3, -0.25) is 4.90 Å². The van der Waals surface area contributed by atoms with Crippen LogP contribution >= 0.6 is 0 Å². The van der Waals surface area contributed by atoms with E-state index >= 15 is 0 Å². The molecule has 16 heavy (non-hydrogen) atoms. The van der Waals surface area contributed by atoms with E-state index in [0.717, 1.165) is 26.2 Å². The van der Waals surface area contributed by atoms with Crippen molar-refractivity contribution in [3.8, 4) is 0 Å². The fourth-order valence-electron chi connectivity index (χ4n) is 1.42. The van der Waals surface area contributed by atoms with Gasteiger partial charge in [-0.25, -0.2) is 0 Å². The van der Waals surface area contributed by atoms with Gasteiger partial charge in [0.15, 0.2) is 0 Å². The molecule has 3 heteroatoms. The number of hydrogen-bond donors (Lipinski definition) is 1. The molecule has 0 aliphatic heterocycles. The van der Waals surface area contributed by atoms with Gasteiger partial charge in [-0.2, -0.15) is 0 Å². The van der Waals surface area contributed by atoms with E-state index in [2.05, 4.69) is 44.5 Å². The van der Waals surface area contributed by atoms with E-state index < -0.39 is 0 Å². The second-order valence-corrected chi connectivity index (χ2v) is 4.84. The van der Waals surface area contributed by atoms with Crippen molar-refractivity contribution in [3.05, 3.63) is 12.2 Å². The maximum atomic E-state index is 5.12. The fourth-order valence-corrected chi connectivity index (χ4v) is 1.42. The standard InChI is InChI=1S/C13H28N2O/c1-11(2)14-9-13(5)10-15(12(3)4)7-8-16-6/h11-12,14H,5,7-10H2,1-4,6H3. The molecule has 0 aromatic carbocycles. The molecule has 0 aliphatic rings. The van der Waals surface area contributed by atoms with E-state index in [1.54, 1.807) is 7.11 Å². The van der Waals surface area contributed by atoms with Gasteiger partial charge in [0.05, 0.1) is 6.61 Å². The van der Waals surface area contributed by atoms with Gasteiger partial charge in [-0.15, -0.1) is 0 Å². The number of nitrogens with one attached hydrogen (secondary N) is 1. The first-order valence-electron chi connectivity index (χ1n) is 6.10. The Hall–Kier alpha value is -0.380. The van der Waals surface area contributed by atoms with Gasteiger partial charge in [-0.1, -0.05) is 20.4 Å². The van der Waals surface area contributed by atoms with Gasteiger partial charge in [0.1, 0.15) is 0 Å². The quantitative estimate of drug-likeness (QED) is 0.610. The van der Waals surface area contributed by atoms with E-state index in [-0.39, 0.29) is 0 Å². The zero-order valence-electron chi connectivity index (χ0n) is 11.5. The van der Waals surface area contributed by atoms with Crippen molar-refractivity contribution in [3.63, 3.8) is 0 Å². The normalized spacial score (nSPS) is 11.8. The lowest BCUT2D eigenvalue weighted by Gasteiger charge is -2.27. The molecule has 0 bridgehead atoms. The van der Waals surface area contributed by atoms with E-state index in [1.165, 1.54) is 5.57 Å². The lowest BCUT2D eigenvalue weighted by Crippen LogP contribution is -2.37. The van der Waals surface area contributed by atoms with Crippen LogP contribution in [0.25, 0.3) is 0 Å². The third-order valence-electron chi connectivity index (χ3n) is 2.50. The molecule has 1 N–H and O–H groups in total. The zero-order valence-corrected chi connectivity index (χ0v) is 11.5. The lowest BCUT2D eigenvalue weighted by molar-refractivity contribution is 0.136. The summed E-state index contributed by atoms with van der Waals surface area (Å²) in [5.41, 5.74) is 1.23. The van der Waals surface area contributed by atoms with Crippen molar-refractivity contribution in [2.75, 3.05) is 33.4 Å². The van der Waals surface area contributed by atoms with Crippen LogP contribution in [0, 0.1) is 0 Å². The van der Waals surface area contributed by atoms with E-state index in [4.69, 9.17) is 4.74 Å². The molecule has 0 saturated carbocycles. The number of ether oxygens (including phenoxy) is 1. The highest BCUT2D eigenvalue weighted by molar-refractivity contribution is 5.00. The van der Waals surface area contributed by atoms with Crippen molar-refractivity contribution in [2.24, 2.45) is 0 Å². The van der Waals surface area contributed by atoms with Crippen LogP contribution in [-0.4, -0.2) is 50.3 Å². The Morgan fingerprint density at radius 3 is 2.38 bits per heavy atom. The van der Waals surface area contributed by atoms with Crippen molar-refractivity contribution in [1.82, 2.24) is 10.2 Å². The Labute approximate surface area is 101 Å². The average molecular weight is 228 g/mol. The summed E-state index contributed by atoms with van der Waals surface area (Å²) in [7, 11) is 1.74. The molecule has 0 aliphatic carbocycles. The molecule has 0 fully saturated rings. The molecule has 0 aromatic heterocycles. The van der Waals surface area contributed by atoms with Crippen LogP contribution in [0.1, 0.15) is 27.7 Å². The third kappa shape index (κ3) is 7.85. The van der Waals surface area contributed by atoms with Crippen LogP contribution in [-0.2, 0) is 4.74 Å². The van der Waals surface area contributed by atoms with E-state index in [1.807, 2.05) is 0 Å². The minimum absolute atomic E-state index is 0.517. The maximum absolute atomic E-state index is 5.12. The van der Waals surface area contributed by atoms with Gasteiger partial charge in [0.25, 0.3) is 0 Å². The Kier molecular flexibility index (Phi) is 8.53. The molecule has 0 aromatic rings. The zero-order chi connectivity index (χ0) is 12.6. The van der Waals surface area contributed by atoms with Crippen LogP contribution in [0.15, 0.2) is 12.2 Å². The van der Waals surface area contributed by atoms with Crippen molar-refractivity contribution in [2.45, 2.75) is 39.8 Å². The first-order valence-corrected chi connectivity index (χ1v) is 6.10. The Morgan fingerprint density at radius 2 is 1.94 bits per heavy atom. The summed E-state index contributed by atoms with van der Waals surface area (Å²) in [6.45, 7) is 16.4. The average Bonchev–Trinajstić information content (AvgIpc) is 2.20. The summed E-state index contributed by atoms with van der Waals surface area (Å²) in [5, 5.41) is 3.39. The van der Waals surface area contributed by atoms with Crippen molar-refractivity contribution >= 4 is 0 Å². The molecule has 0 rings (SSSR count). The summed E-state index contributed by atoms with van der Waals surface area (Å²) in [5.74, 6) is 0. The smallest absolute Gasteiger partial charge is 0.0589 e. The Morgan fingerprint density at radius 1 is 1.31 bits per heavy atom. The molecule has 0 radical (unpaired) electrons. The minimum Gasteiger partial charge on any atom is -0.383 e. The van der Waals surface area contributed by atoms with Gasteiger partial charge >= 0.3 is 0 Å². The fraction of sp³-hybridized carbons (Fsp3) is 0.846. The first kappa shape index (κ1) is 15.6. The van der Waals surface area contributed by atoms with E-state index in [9.17, 15) is 0 Å². The summed E-state index contributed by atoms with van der Waals surface area (Å²) in [4.78, 5) is 2.38. The third-order valence-corrected chi connectivity index (χ3v) is 2.50. The molecule has 0 amide bonds. The summed E-state index contributed by atoms with van der Waals surface area (Å²) < 4.78 is 5.12. The molecule has 0 spiro atoms. The SMILES string of the molecule is C=C(CNC(C)C)CN(CCOC)C(C)C. The highest BCUT2D eigenvalue weighted by Gasteiger charge is 2.10. The lowest BCUT2D eigenvalue weighted by atomic mass is 10.2. The second-order valence-electron chi connectivity index (χ2n) is 4.84. The largest absolute Gasteiger partial charge is 0.383 e. The van der Waals surface area contributed by atoms with Gasteiger partial charge in [-0.05, 0) is 19.4 Å². The van der Waals surface area contributed by atoms with Crippen molar-refractivity contribution < 1.29 is 4.74 Å². The monoisotopic (exact) mass is 228 g/mol.